The molecule has 0 aliphatic heterocycles. The second kappa shape index (κ2) is 10.8. The summed E-state index contributed by atoms with van der Waals surface area (Å²) >= 11 is 0. The van der Waals surface area contributed by atoms with E-state index in [4.69, 9.17) is 5.73 Å². The first-order valence-corrected chi connectivity index (χ1v) is 14.0. The molecule has 0 radical (unpaired) electrons. The van der Waals surface area contributed by atoms with Crippen LogP contribution < -0.4 is 5.73 Å². The lowest BCUT2D eigenvalue weighted by Gasteiger charge is -2.52. The predicted molar refractivity (Wildman–Crippen MR) is 146 cm³/mol. The summed E-state index contributed by atoms with van der Waals surface area (Å²) in [6, 6.07) is 2.15. The smallest absolute Gasteiger partial charge is 0.235 e. The molecule has 1 aromatic carbocycles. The second-order valence-electron chi connectivity index (χ2n) is 12.9. The molecule has 2 saturated carbocycles. The Morgan fingerprint density at radius 2 is 1.65 bits per heavy atom. The number of primary amides is 1. The van der Waals surface area contributed by atoms with Gasteiger partial charge in [0.05, 0.1) is 17.5 Å². The lowest BCUT2D eigenvalue weighted by atomic mass is 9.52. The van der Waals surface area contributed by atoms with Gasteiger partial charge in [-0.2, -0.15) is 0 Å². The number of nitrogens with two attached hydrogens (primary N) is 1. The molecule has 0 bridgehead atoms. The van der Waals surface area contributed by atoms with Gasteiger partial charge < -0.3 is 15.9 Å². The van der Waals surface area contributed by atoms with Crippen molar-refractivity contribution in [3.8, 4) is 5.75 Å². The van der Waals surface area contributed by atoms with E-state index in [-0.39, 0.29) is 24.2 Å². The number of aromatic hydroxyl groups is 1. The number of hydrogen-bond donors (Lipinski definition) is 3. The summed E-state index contributed by atoms with van der Waals surface area (Å²) in [5, 5.41) is 22.5. The third-order valence-corrected chi connectivity index (χ3v) is 8.68. The number of amides is 1. The summed E-state index contributed by atoms with van der Waals surface area (Å²) < 4.78 is 0. The fourth-order valence-electron chi connectivity index (χ4n) is 7.29. The highest BCUT2D eigenvalue weighted by atomic mass is 16.3. The zero-order valence-corrected chi connectivity index (χ0v) is 24.1. The van der Waals surface area contributed by atoms with Gasteiger partial charge in [0.25, 0.3) is 0 Å². The van der Waals surface area contributed by atoms with E-state index >= 15 is 0 Å². The summed E-state index contributed by atoms with van der Waals surface area (Å²) in [6.07, 6.45) is 0.313. The van der Waals surface area contributed by atoms with Crippen LogP contribution in [0.2, 0.25) is 0 Å². The van der Waals surface area contributed by atoms with Gasteiger partial charge in [0, 0.05) is 25.6 Å². The zero-order valence-electron chi connectivity index (χ0n) is 24.1. The first kappa shape index (κ1) is 30.0. The Morgan fingerprint density at radius 1 is 1.05 bits per heavy atom. The van der Waals surface area contributed by atoms with Crippen LogP contribution in [-0.4, -0.2) is 87.9 Å². The average Bonchev–Trinajstić information content (AvgIpc) is 2.81. The van der Waals surface area contributed by atoms with E-state index in [1.807, 2.05) is 6.07 Å². The molecule has 1 aromatic rings. The van der Waals surface area contributed by atoms with E-state index in [0.717, 1.165) is 18.7 Å². The number of aliphatic hydroxyl groups is 1. The Balaban J connectivity index is 1.79. The molecule has 1 amide bonds. The summed E-state index contributed by atoms with van der Waals surface area (Å²) in [6.45, 7) is 10.8. The van der Waals surface area contributed by atoms with Crippen LogP contribution in [-0.2, 0) is 32.1 Å². The molecule has 0 spiro atoms. The van der Waals surface area contributed by atoms with Gasteiger partial charge in [-0.3, -0.25) is 33.8 Å². The molecule has 2 fully saturated rings. The lowest BCUT2D eigenvalue weighted by molar-refractivity contribution is -0.181. The van der Waals surface area contributed by atoms with Crippen LogP contribution in [0.4, 0.5) is 0 Å². The van der Waals surface area contributed by atoms with Crippen LogP contribution in [0.1, 0.15) is 55.6 Å². The third kappa shape index (κ3) is 4.80. The Hall–Kier alpha value is -2.95. The van der Waals surface area contributed by atoms with Gasteiger partial charge in [0.15, 0.2) is 34.7 Å². The van der Waals surface area contributed by atoms with Gasteiger partial charge in [-0.1, -0.05) is 33.8 Å². The fourth-order valence-corrected chi connectivity index (χ4v) is 7.29. The molecular formula is C30H41N3O7. The van der Waals surface area contributed by atoms with Gasteiger partial charge >= 0.3 is 0 Å². The minimum atomic E-state index is -2.71. The van der Waals surface area contributed by atoms with Gasteiger partial charge in [0.2, 0.25) is 5.91 Å². The number of phenolic OH excluding ortho intramolecular Hbond substituents is 1. The number of rotatable bonds is 8. The van der Waals surface area contributed by atoms with Crippen molar-refractivity contribution in [2.75, 3.05) is 27.2 Å². The topological polar surface area (TPSA) is 158 Å². The number of fused-ring (bicyclic) bond motifs is 3. The third-order valence-electron chi connectivity index (χ3n) is 8.68. The molecule has 40 heavy (non-hydrogen) atoms. The Labute approximate surface area is 234 Å². The summed E-state index contributed by atoms with van der Waals surface area (Å²) in [4.78, 5) is 70.4. The highest BCUT2D eigenvalue weighted by Crippen LogP contribution is 2.51. The summed E-state index contributed by atoms with van der Waals surface area (Å²) in [5.41, 5.74) is 4.23. The number of ketones is 4. The summed E-state index contributed by atoms with van der Waals surface area (Å²) in [5.74, 6) is -9.43. The highest BCUT2D eigenvalue weighted by Gasteiger charge is 2.69. The average molecular weight is 556 g/mol. The van der Waals surface area contributed by atoms with Crippen molar-refractivity contribution >= 4 is 29.0 Å². The van der Waals surface area contributed by atoms with Gasteiger partial charge in [-0.15, -0.1) is 0 Å². The van der Waals surface area contributed by atoms with E-state index in [0.29, 0.717) is 23.9 Å². The van der Waals surface area contributed by atoms with Crippen molar-refractivity contribution < 1.29 is 34.2 Å². The van der Waals surface area contributed by atoms with E-state index < -0.39 is 64.4 Å². The molecule has 0 aromatic heterocycles. The molecular weight excluding hydrogens is 514 g/mol. The molecule has 10 heteroatoms. The van der Waals surface area contributed by atoms with Gasteiger partial charge in [0.1, 0.15) is 5.75 Å². The number of likely N-dealkylation sites (N-methyl/N-ethyl adjacent to an activating group) is 1. The van der Waals surface area contributed by atoms with Crippen molar-refractivity contribution in [1.82, 2.24) is 9.80 Å². The number of nitrogens with zero attached hydrogens (tertiary/aromatic N) is 2. The molecule has 0 saturated heterocycles. The summed E-state index contributed by atoms with van der Waals surface area (Å²) in [7, 11) is 3.14. The van der Waals surface area contributed by atoms with Crippen LogP contribution in [0.15, 0.2) is 12.1 Å². The lowest BCUT2D eigenvalue weighted by Crippen LogP contribution is -2.74. The first-order chi connectivity index (χ1) is 18.6. The molecule has 6 atom stereocenters. The van der Waals surface area contributed by atoms with Crippen LogP contribution in [0.25, 0.3) is 0 Å². The SMILES string of the molecule is CC(C)CN(Cc1ccc(O)c2c1C[C@H]1C[C@H]3[C@H](N(C)C)C(=O)C(C(N)=O)C(=O)[C@@]3(O)C(=O)C1C2=O)CC(C)C. The van der Waals surface area contributed by atoms with Crippen molar-refractivity contribution in [2.24, 2.45) is 41.2 Å². The van der Waals surface area contributed by atoms with Crippen LogP contribution in [0.3, 0.4) is 0 Å². The van der Waals surface area contributed by atoms with E-state index in [9.17, 15) is 34.2 Å². The van der Waals surface area contributed by atoms with E-state index in [1.54, 1.807) is 14.1 Å². The van der Waals surface area contributed by atoms with Gasteiger partial charge in [-0.05, 0) is 61.9 Å². The molecule has 3 aliphatic rings. The maximum absolute atomic E-state index is 13.9. The van der Waals surface area contributed by atoms with E-state index in [1.165, 1.54) is 11.0 Å². The van der Waals surface area contributed by atoms with E-state index in [2.05, 4.69) is 32.6 Å². The number of carbonyl (C=O) groups is 5. The number of carbonyl (C=O) groups excluding carboxylic acids is 5. The predicted octanol–water partition coefficient (Wildman–Crippen LogP) is 0.981. The Kier molecular flexibility index (Phi) is 8.10. The maximum Gasteiger partial charge on any atom is 0.235 e. The quantitative estimate of drug-likeness (QED) is 0.398. The highest BCUT2D eigenvalue weighted by molar-refractivity contribution is 6.32. The molecule has 218 valence electrons. The molecule has 4 N–H and O–H groups in total. The minimum Gasteiger partial charge on any atom is -0.507 e. The number of benzene rings is 1. The maximum atomic E-state index is 13.9. The standard InChI is InChI=1S/C30H41N3O7/c1-14(2)11-33(12-15(3)4)13-16-7-8-20(34)22-18(16)9-17-10-19-24(32(5)6)26(36)23(29(31)39)28(38)30(19,40)27(37)21(17)25(22)35/h7-8,14-15,17,19,21,23-24,34,40H,9-13H2,1-6H3,(H2,31,39)/t17-,19-,21?,23?,24-,30-/m0/s1. The van der Waals surface area contributed by atoms with Gasteiger partial charge in [-0.25, -0.2) is 0 Å². The van der Waals surface area contributed by atoms with Crippen LogP contribution in [0.5, 0.6) is 5.75 Å². The first-order valence-electron chi connectivity index (χ1n) is 14.0. The molecule has 0 heterocycles. The fraction of sp³-hybridized carbons (Fsp3) is 0.633. The number of hydrogen-bond acceptors (Lipinski definition) is 9. The second-order valence-corrected chi connectivity index (χ2v) is 12.9. The van der Waals surface area contributed by atoms with Crippen molar-refractivity contribution in [2.45, 2.75) is 58.7 Å². The zero-order chi connectivity index (χ0) is 29.8. The Morgan fingerprint density at radius 3 is 2.17 bits per heavy atom. The monoisotopic (exact) mass is 555 g/mol. The minimum absolute atomic E-state index is 0.0399. The molecule has 3 aliphatic carbocycles. The normalized spacial score (nSPS) is 30.2. The van der Waals surface area contributed by atoms with Crippen molar-refractivity contribution in [3.05, 3.63) is 28.8 Å². The Bertz CT molecular complexity index is 1250. The van der Waals surface area contributed by atoms with Crippen LogP contribution >= 0.6 is 0 Å². The number of phenols is 1. The van der Waals surface area contributed by atoms with Crippen LogP contribution in [0, 0.1) is 35.5 Å². The van der Waals surface area contributed by atoms with Crippen molar-refractivity contribution in [1.29, 1.82) is 0 Å². The largest absolute Gasteiger partial charge is 0.507 e. The van der Waals surface area contributed by atoms with Crippen molar-refractivity contribution in [3.63, 3.8) is 0 Å². The molecule has 10 nitrogen and oxygen atoms in total. The molecule has 4 rings (SSSR count). The number of Topliss-reactive ketones (excluding diaryl/α,β-unsaturated/α-hetero) is 4. The molecule has 2 unspecified atom stereocenters.